The van der Waals surface area contributed by atoms with Crippen molar-refractivity contribution >= 4 is 18.3 Å². The zero-order chi connectivity index (χ0) is 17.1. The molecule has 0 saturated carbocycles. The van der Waals surface area contributed by atoms with Crippen LogP contribution in [0.2, 0.25) is 0 Å². The molecule has 1 unspecified atom stereocenters. The molecule has 136 valence electrons. The number of hydrogen-bond donors (Lipinski definition) is 1. The van der Waals surface area contributed by atoms with Crippen LogP contribution in [0, 0.1) is 13.8 Å². The summed E-state index contributed by atoms with van der Waals surface area (Å²) in [6, 6.07) is 5.96. The largest absolute Gasteiger partial charge is 0.483 e. The molecule has 25 heavy (non-hydrogen) atoms. The highest BCUT2D eigenvalue weighted by Crippen LogP contribution is 2.22. The van der Waals surface area contributed by atoms with Crippen molar-refractivity contribution in [2.75, 3.05) is 26.2 Å². The van der Waals surface area contributed by atoms with E-state index in [0.29, 0.717) is 13.1 Å². The zero-order valence-corrected chi connectivity index (χ0v) is 15.7. The van der Waals surface area contributed by atoms with Crippen molar-refractivity contribution in [1.29, 1.82) is 0 Å². The Hall–Kier alpha value is -2.05. The van der Waals surface area contributed by atoms with E-state index in [-0.39, 0.29) is 31.0 Å². The van der Waals surface area contributed by atoms with Gasteiger partial charge in [-0.1, -0.05) is 12.1 Å². The Bertz CT molecular complexity index is 732. The third-order valence-corrected chi connectivity index (χ3v) is 4.42. The Kier molecular flexibility index (Phi) is 6.45. The van der Waals surface area contributed by atoms with E-state index in [1.54, 1.807) is 6.20 Å². The standard InChI is InChI=1S/C18H24N4O2.ClH/c1-13-4-5-14(2)16(10-13)24-12-17(23)22-9-6-19-11-15(22)18-20-7-8-21(18)3;/h4-5,7-8,10,15,19H,6,9,11-12H2,1-3H3;1H. The minimum atomic E-state index is -0.0616. The number of halogens is 1. The minimum Gasteiger partial charge on any atom is -0.483 e. The lowest BCUT2D eigenvalue weighted by Gasteiger charge is -2.35. The molecule has 2 aromatic rings. The molecule has 1 N–H and O–H groups in total. The molecule has 1 atom stereocenters. The number of amides is 1. The number of carbonyl (C=O) groups is 1. The molecule has 0 radical (unpaired) electrons. The van der Waals surface area contributed by atoms with Gasteiger partial charge in [-0.2, -0.15) is 0 Å². The number of imidazole rings is 1. The first-order valence-corrected chi connectivity index (χ1v) is 8.23. The van der Waals surface area contributed by atoms with Gasteiger partial charge in [-0.15, -0.1) is 12.4 Å². The highest BCUT2D eigenvalue weighted by Gasteiger charge is 2.30. The van der Waals surface area contributed by atoms with E-state index in [2.05, 4.69) is 10.3 Å². The molecule has 1 aromatic carbocycles. The van der Waals surface area contributed by atoms with Gasteiger partial charge in [0.25, 0.3) is 5.91 Å². The van der Waals surface area contributed by atoms with Crippen molar-refractivity contribution in [3.8, 4) is 5.75 Å². The summed E-state index contributed by atoms with van der Waals surface area (Å²) < 4.78 is 7.75. The summed E-state index contributed by atoms with van der Waals surface area (Å²) in [6.45, 7) is 6.20. The monoisotopic (exact) mass is 364 g/mol. The van der Waals surface area contributed by atoms with E-state index in [4.69, 9.17) is 4.74 Å². The van der Waals surface area contributed by atoms with Crippen LogP contribution in [0.3, 0.4) is 0 Å². The van der Waals surface area contributed by atoms with Crippen LogP contribution in [-0.4, -0.2) is 46.6 Å². The molecule has 3 rings (SSSR count). The van der Waals surface area contributed by atoms with Gasteiger partial charge in [-0.3, -0.25) is 4.79 Å². The fourth-order valence-electron chi connectivity index (χ4n) is 3.02. The number of rotatable bonds is 4. The predicted octanol–water partition coefficient (Wildman–Crippen LogP) is 2.01. The SMILES string of the molecule is Cc1ccc(C)c(OCC(=O)N2CCNCC2c2nccn2C)c1.Cl. The minimum absolute atomic E-state index is 0. The van der Waals surface area contributed by atoms with Crippen molar-refractivity contribution in [1.82, 2.24) is 19.8 Å². The van der Waals surface area contributed by atoms with E-state index in [0.717, 1.165) is 29.2 Å². The van der Waals surface area contributed by atoms with E-state index in [9.17, 15) is 4.79 Å². The topological polar surface area (TPSA) is 59.4 Å². The van der Waals surface area contributed by atoms with E-state index in [1.165, 1.54) is 0 Å². The molecular formula is C18H25ClN4O2. The summed E-state index contributed by atoms with van der Waals surface area (Å²) in [4.78, 5) is 19.0. The van der Waals surface area contributed by atoms with Gasteiger partial charge >= 0.3 is 0 Å². The molecule has 6 nitrogen and oxygen atoms in total. The number of hydrogen-bond acceptors (Lipinski definition) is 4. The van der Waals surface area contributed by atoms with Gasteiger partial charge in [-0.25, -0.2) is 4.98 Å². The summed E-state index contributed by atoms with van der Waals surface area (Å²) in [7, 11) is 1.95. The highest BCUT2D eigenvalue weighted by molar-refractivity contribution is 5.85. The summed E-state index contributed by atoms with van der Waals surface area (Å²) in [5.41, 5.74) is 2.16. The van der Waals surface area contributed by atoms with Crippen LogP contribution in [-0.2, 0) is 11.8 Å². The number of piperazine rings is 1. The van der Waals surface area contributed by atoms with Crippen molar-refractivity contribution in [2.45, 2.75) is 19.9 Å². The number of aromatic nitrogens is 2. The Balaban J connectivity index is 0.00000225. The third-order valence-electron chi connectivity index (χ3n) is 4.42. The Morgan fingerprint density at radius 1 is 1.40 bits per heavy atom. The van der Waals surface area contributed by atoms with Crippen LogP contribution >= 0.6 is 12.4 Å². The highest BCUT2D eigenvalue weighted by atomic mass is 35.5. The molecule has 0 spiro atoms. The summed E-state index contributed by atoms with van der Waals surface area (Å²) in [6.07, 6.45) is 3.67. The van der Waals surface area contributed by atoms with Gasteiger partial charge in [0.15, 0.2) is 6.61 Å². The van der Waals surface area contributed by atoms with Gasteiger partial charge < -0.3 is 19.5 Å². The molecule has 1 aromatic heterocycles. The number of nitrogens with zero attached hydrogens (tertiary/aromatic N) is 3. The quantitative estimate of drug-likeness (QED) is 0.901. The van der Waals surface area contributed by atoms with Crippen molar-refractivity contribution < 1.29 is 9.53 Å². The number of nitrogens with one attached hydrogen (secondary N) is 1. The van der Waals surface area contributed by atoms with E-state index >= 15 is 0 Å². The number of aryl methyl sites for hydroxylation is 3. The Labute approximate surface area is 154 Å². The molecule has 0 aliphatic carbocycles. The smallest absolute Gasteiger partial charge is 0.261 e. The molecule has 1 aliphatic heterocycles. The maximum atomic E-state index is 12.7. The molecular weight excluding hydrogens is 340 g/mol. The third kappa shape index (κ3) is 4.32. The van der Waals surface area contributed by atoms with Gasteiger partial charge in [0.1, 0.15) is 17.6 Å². The number of benzene rings is 1. The second-order valence-electron chi connectivity index (χ2n) is 6.26. The fraction of sp³-hybridized carbons (Fsp3) is 0.444. The molecule has 1 aliphatic rings. The van der Waals surface area contributed by atoms with Crippen LogP contribution < -0.4 is 10.1 Å². The average molecular weight is 365 g/mol. The second kappa shape index (κ2) is 8.36. The lowest BCUT2D eigenvalue weighted by molar-refractivity contribution is -0.137. The second-order valence-corrected chi connectivity index (χ2v) is 6.26. The Morgan fingerprint density at radius 2 is 2.20 bits per heavy atom. The average Bonchev–Trinajstić information content (AvgIpc) is 3.01. The predicted molar refractivity (Wildman–Crippen MR) is 99.2 cm³/mol. The van der Waals surface area contributed by atoms with Crippen LogP contribution in [0.1, 0.15) is 23.0 Å². The molecule has 1 amide bonds. The fourth-order valence-corrected chi connectivity index (χ4v) is 3.02. The number of ether oxygens (including phenoxy) is 1. The van der Waals surface area contributed by atoms with Gasteiger partial charge in [-0.05, 0) is 31.0 Å². The maximum Gasteiger partial charge on any atom is 0.261 e. The van der Waals surface area contributed by atoms with Gasteiger partial charge in [0.05, 0.1) is 0 Å². The van der Waals surface area contributed by atoms with Crippen molar-refractivity contribution in [3.63, 3.8) is 0 Å². The molecule has 7 heteroatoms. The first-order valence-electron chi connectivity index (χ1n) is 8.23. The van der Waals surface area contributed by atoms with Crippen LogP contribution in [0.4, 0.5) is 0 Å². The van der Waals surface area contributed by atoms with Crippen molar-refractivity contribution in [3.05, 3.63) is 47.5 Å². The zero-order valence-electron chi connectivity index (χ0n) is 14.9. The van der Waals surface area contributed by atoms with Gasteiger partial charge in [0, 0.05) is 39.1 Å². The lowest BCUT2D eigenvalue weighted by Crippen LogP contribution is -2.50. The molecule has 0 bridgehead atoms. The van der Waals surface area contributed by atoms with Crippen LogP contribution in [0.15, 0.2) is 30.6 Å². The van der Waals surface area contributed by atoms with Crippen LogP contribution in [0.5, 0.6) is 5.75 Å². The molecule has 1 fully saturated rings. The normalized spacial score (nSPS) is 17.1. The van der Waals surface area contributed by atoms with Crippen molar-refractivity contribution in [2.24, 2.45) is 7.05 Å². The van der Waals surface area contributed by atoms with E-state index in [1.807, 2.05) is 54.8 Å². The lowest BCUT2D eigenvalue weighted by atomic mass is 10.1. The molecule has 1 saturated heterocycles. The summed E-state index contributed by atoms with van der Waals surface area (Å²) in [5, 5.41) is 3.34. The maximum absolute atomic E-state index is 12.7. The summed E-state index contributed by atoms with van der Waals surface area (Å²) in [5.74, 6) is 1.65. The van der Waals surface area contributed by atoms with Gasteiger partial charge in [0.2, 0.25) is 0 Å². The number of carbonyl (C=O) groups excluding carboxylic acids is 1. The van der Waals surface area contributed by atoms with Crippen LogP contribution in [0.25, 0.3) is 0 Å². The summed E-state index contributed by atoms with van der Waals surface area (Å²) >= 11 is 0. The Morgan fingerprint density at radius 3 is 2.92 bits per heavy atom. The first kappa shape index (κ1) is 19.3. The van der Waals surface area contributed by atoms with E-state index < -0.39 is 0 Å². The molecule has 2 heterocycles. The first-order chi connectivity index (χ1) is 11.6.